The molecule has 0 bridgehead atoms. The van der Waals surface area contributed by atoms with Crippen molar-refractivity contribution in [2.24, 2.45) is 0 Å². The Morgan fingerprint density at radius 2 is 1.78 bits per heavy atom. The number of phenols is 2. The molecule has 90 valence electrons. The molecule has 18 heavy (non-hydrogen) atoms. The summed E-state index contributed by atoms with van der Waals surface area (Å²) in [6, 6.07) is 12.1. The summed E-state index contributed by atoms with van der Waals surface area (Å²) in [5, 5.41) is 23.2. The molecule has 0 saturated heterocycles. The van der Waals surface area contributed by atoms with E-state index in [1.165, 1.54) is 0 Å². The Kier molecular flexibility index (Phi) is 2.34. The molecule has 1 aromatic heterocycles. The van der Waals surface area contributed by atoms with Crippen molar-refractivity contribution in [1.82, 2.24) is 4.98 Å². The number of nitrogens with one attached hydrogen (secondary N) is 2. The van der Waals surface area contributed by atoms with Crippen molar-refractivity contribution in [3.8, 4) is 11.5 Å². The fourth-order valence-electron chi connectivity index (χ4n) is 1.94. The summed E-state index contributed by atoms with van der Waals surface area (Å²) in [5.74, 6) is 0.398. The minimum Gasteiger partial charge on any atom is -0.508 e. The van der Waals surface area contributed by atoms with E-state index in [2.05, 4.69) is 10.3 Å². The van der Waals surface area contributed by atoms with Crippen LogP contribution < -0.4 is 5.32 Å². The van der Waals surface area contributed by atoms with Crippen molar-refractivity contribution >= 4 is 22.3 Å². The van der Waals surface area contributed by atoms with E-state index < -0.39 is 0 Å². The molecule has 0 radical (unpaired) electrons. The molecule has 4 nitrogen and oxygen atoms in total. The second-order valence-corrected chi connectivity index (χ2v) is 4.07. The van der Waals surface area contributed by atoms with Gasteiger partial charge in [-0.25, -0.2) is 0 Å². The predicted octanol–water partition coefficient (Wildman–Crippen LogP) is 3.32. The molecule has 0 unspecified atom stereocenters. The Bertz CT molecular complexity index is 704. The number of phenolic OH excluding ortho intramolecular Hbond substituents is 2. The summed E-state index contributed by atoms with van der Waals surface area (Å²) >= 11 is 0. The Morgan fingerprint density at radius 1 is 0.944 bits per heavy atom. The van der Waals surface area contributed by atoms with E-state index >= 15 is 0 Å². The lowest BCUT2D eigenvalue weighted by atomic mass is 10.2. The number of aromatic nitrogens is 1. The molecule has 0 amide bonds. The molecule has 0 fully saturated rings. The molecular formula is C14H12N2O2. The van der Waals surface area contributed by atoms with Gasteiger partial charge in [0, 0.05) is 17.1 Å². The van der Waals surface area contributed by atoms with Crippen molar-refractivity contribution < 1.29 is 10.2 Å². The second-order valence-electron chi connectivity index (χ2n) is 4.07. The van der Waals surface area contributed by atoms with E-state index in [9.17, 15) is 10.2 Å². The quantitative estimate of drug-likeness (QED) is 0.519. The lowest BCUT2D eigenvalue weighted by Gasteiger charge is -2.06. The van der Waals surface area contributed by atoms with Crippen molar-refractivity contribution in [3.63, 3.8) is 0 Å². The van der Waals surface area contributed by atoms with Crippen molar-refractivity contribution in [2.45, 2.75) is 0 Å². The molecule has 0 aliphatic heterocycles. The maximum atomic E-state index is 9.71. The molecule has 3 aromatic rings. The van der Waals surface area contributed by atoms with Gasteiger partial charge in [-0.15, -0.1) is 0 Å². The standard InChI is InChI=1S/C14H12N2O2/c17-9-5-6-11-10(7-9)13(8-15-11)16-12-3-1-2-4-14(12)18/h1-8,15-18H. The van der Waals surface area contributed by atoms with Gasteiger partial charge in [0.1, 0.15) is 11.5 Å². The number of para-hydroxylation sites is 2. The number of hydrogen-bond donors (Lipinski definition) is 4. The highest BCUT2D eigenvalue weighted by Gasteiger charge is 2.06. The van der Waals surface area contributed by atoms with E-state index in [4.69, 9.17) is 0 Å². The Labute approximate surface area is 104 Å². The summed E-state index contributed by atoms with van der Waals surface area (Å²) in [4.78, 5) is 3.10. The average molecular weight is 240 g/mol. The number of fused-ring (bicyclic) bond motifs is 1. The molecule has 3 rings (SSSR count). The van der Waals surface area contributed by atoms with Crippen LogP contribution >= 0.6 is 0 Å². The zero-order valence-corrected chi connectivity index (χ0v) is 9.51. The van der Waals surface area contributed by atoms with Crippen LogP contribution in [0.5, 0.6) is 11.5 Å². The maximum absolute atomic E-state index is 9.71. The van der Waals surface area contributed by atoms with Gasteiger partial charge in [0.15, 0.2) is 0 Å². The molecule has 1 heterocycles. The third-order valence-corrected chi connectivity index (χ3v) is 2.84. The van der Waals surface area contributed by atoms with E-state index in [-0.39, 0.29) is 11.5 Å². The first kappa shape index (κ1) is 10.5. The van der Waals surface area contributed by atoms with Crippen LogP contribution in [0.4, 0.5) is 11.4 Å². The molecule has 4 heteroatoms. The molecule has 0 saturated carbocycles. The van der Waals surface area contributed by atoms with Crippen LogP contribution in [0.3, 0.4) is 0 Å². The highest BCUT2D eigenvalue weighted by Crippen LogP contribution is 2.31. The zero-order valence-electron chi connectivity index (χ0n) is 9.51. The minimum atomic E-state index is 0.187. The predicted molar refractivity (Wildman–Crippen MR) is 71.4 cm³/mol. The number of hydrogen-bond acceptors (Lipinski definition) is 3. The van der Waals surface area contributed by atoms with Gasteiger partial charge in [0.25, 0.3) is 0 Å². The lowest BCUT2D eigenvalue weighted by molar-refractivity contribution is 0.476. The van der Waals surface area contributed by atoms with Crippen molar-refractivity contribution in [2.75, 3.05) is 5.32 Å². The fraction of sp³-hybridized carbons (Fsp3) is 0. The van der Waals surface area contributed by atoms with Gasteiger partial charge in [-0.3, -0.25) is 0 Å². The van der Waals surface area contributed by atoms with Gasteiger partial charge in [0.05, 0.1) is 11.4 Å². The lowest BCUT2D eigenvalue weighted by Crippen LogP contribution is -1.88. The Hall–Kier alpha value is -2.62. The minimum absolute atomic E-state index is 0.187. The largest absolute Gasteiger partial charge is 0.508 e. The maximum Gasteiger partial charge on any atom is 0.139 e. The summed E-state index contributed by atoms with van der Waals surface area (Å²) in [5.41, 5.74) is 2.36. The van der Waals surface area contributed by atoms with E-state index in [1.54, 1.807) is 42.6 Å². The first-order valence-electron chi connectivity index (χ1n) is 5.59. The highest BCUT2D eigenvalue weighted by atomic mass is 16.3. The summed E-state index contributed by atoms with van der Waals surface area (Å²) < 4.78 is 0. The van der Waals surface area contributed by atoms with Gasteiger partial charge in [-0.1, -0.05) is 12.1 Å². The van der Waals surface area contributed by atoms with Gasteiger partial charge >= 0.3 is 0 Å². The highest BCUT2D eigenvalue weighted by molar-refractivity contribution is 5.95. The van der Waals surface area contributed by atoms with Gasteiger partial charge in [0.2, 0.25) is 0 Å². The Morgan fingerprint density at radius 3 is 2.61 bits per heavy atom. The second kappa shape index (κ2) is 4.00. The number of aromatic amines is 1. The Balaban J connectivity index is 2.05. The van der Waals surface area contributed by atoms with Crippen LogP contribution in [0.1, 0.15) is 0 Å². The van der Waals surface area contributed by atoms with Gasteiger partial charge in [-0.05, 0) is 30.3 Å². The topological polar surface area (TPSA) is 68.3 Å². The third kappa shape index (κ3) is 1.73. The number of benzene rings is 2. The number of H-pyrrole nitrogens is 1. The normalized spacial score (nSPS) is 10.7. The number of aromatic hydroxyl groups is 2. The van der Waals surface area contributed by atoms with E-state index in [1.807, 2.05) is 6.07 Å². The molecule has 0 aliphatic rings. The van der Waals surface area contributed by atoms with Gasteiger partial charge in [-0.2, -0.15) is 0 Å². The molecule has 0 atom stereocenters. The molecule has 2 aromatic carbocycles. The summed E-state index contributed by atoms with van der Waals surface area (Å²) in [7, 11) is 0. The summed E-state index contributed by atoms with van der Waals surface area (Å²) in [6.45, 7) is 0. The zero-order chi connectivity index (χ0) is 12.5. The summed E-state index contributed by atoms with van der Waals surface area (Å²) in [6.07, 6.45) is 1.80. The SMILES string of the molecule is Oc1ccc2[nH]cc(Nc3ccccc3O)c2c1. The smallest absolute Gasteiger partial charge is 0.139 e. The number of anilines is 2. The average Bonchev–Trinajstić information content (AvgIpc) is 2.75. The van der Waals surface area contributed by atoms with E-state index in [0.29, 0.717) is 5.69 Å². The van der Waals surface area contributed by atoms with Crippen LogP contribution in [-0.4, -0.2) is 15.2 Å². The molecular weight excluding hydrogens is 228 g/mol. The van der Waals surface area contributed by atoms with Crippen LogP contribution in [0.25, 0.3) is 10.9 Å². The first-order chi connectivity index (χ1) is 8.74. The van der Waals surface area contributed by atoms with Crippen LogP contribution in [0.2, 0.25) is 0 Å². The van der Waals surface area contributed by atoms with Crippen LogP contribution in [0, 0.1) is 0 Å². The van der Waals surface area contributed by atoms with Crippen molar-refractivity contribution in [3.05, 3.63) is 48.7 Å². The molecule has 0 spiro atoms. The fourth-order valence-corrected chi connectivity index (χ4v) is 1.94. The van der Waals surface area contributed by atoms with E-state index in [0.717, 1.165) is 16.6 Å². The van der Waals surface area contributed by atoms with Crippen LogP contribution in [0.15, 0.2) is 48.7 Å². The van der Waals surface area contributed by atoms with Gasteiger partial charge < -0.3 is 20.5 Å². The molecule has 4 N–H and O–H groups in total. The monoisotopic (exact) mass is 240 g/mol. The third-order valence-electron chi connectivity index (χ3n) is 2.84. The van der Waals surface area contributed by atoms with Crippen LogP contribution in [-0.2, 0) is 0 Å². The first-order valence-corrected chi connectivity index (χ1v) is 5.59. The number of rotatable bonds is 2. The van der Waals surface area contributed by atoms with Crippen molar-refractivity contribution in [1.29, 1.82) is 0 Å². The molecule has 0 aliphatic carbocycles.